The van der Waals surface area contributed by atoms with E-state index < -0.39 is 0 Å². The SMILES string of the molecule is C1CCCC1.CC1CCCCC1.[V]. The van der Waals surface area contributed by atoms with Crippen LogP contribution in [-0.2, 0) is 18.6 Å². The van der Waals surface area contributed by atoms with E-state index in [1.54, 1.807) is 0 Å². The van der Waals surface area contributed by atoms with Gasteiger partial charge in [-0.1, -0.05) is 71.1 Å². The Labute approximate surface area is 95.8 Å². The van der Waals surface area contributed by atoms with Crippen LogP contribution in [-0.4, -0.2) is 0 Å². The van der Waals surface area contributed by atoms with Gasteiger partial charge in [0.05, 0.1) is 0 Å². The van der Waals surface area contributed by atoms with E-state index in [0.717, 1.165) is 5.92 Å². The molecule has 0 heterocycles. The van der Waals surface area contributed by atoms with E-state index in [1.807, 2.05) is 0 Å². The van der Waals surface area contributed by atoms with Crippen molar-refractivity contribution >= 4 is 0 Å². The summed E-state index contributed by atoms with van der Waals surface area (Å²) in [4.78, 5) is 0. The van der Waals surface area contributed by atoms with E-state index in [-0.39, 0.29) is 18.6 Å². The summed E-state index contributed by atoms with van der Waals surface area (Å²) >= 11 is 0. The van der Waals surface area contributed by atoms with E-state index in [9.17, 15) is 0 Å². The smallest absolute Gasteiger partial charge is 0 e. The molecule has 1 radical (unpaired) electrons. The summed E-state index contributed by atoms with van der Waals surface area (Å²) in [6.07, 6.45) is 14.9. The molecule has 0 aliphatic heterocycles. The van der Waals surface area contributed by atoms with E-state index in [1.165, 1.54) is 64.2 Å². The van der Waals surface area contributed by atoms with E-state index in [2.05, 4.69) is 6.92 Å². The zero-order chi connectivity index (χ0) is 8.65. The summed E-state index contributed by atoms with van der Waals surface area (Å²) in [7, 11) is 0. The maximum absolute atomic E-state index is 2.36. The molecule has 0 atom stereocenters. The summed E-state index contributed by atoms with van der Waals surface area (Å²) in [6.45, 7) is 2.36. The fourth-order valence-electron chi connectivity index (χ4n) is 2.19. The average Bonchev–Trinajstić information content (AvgIpc) is 2.62. The van der Waals surface area contributed by atoms with E-state index >= 15 is 0 Å². The molecule has 2 saturated carbocycles. The van der Waals surface area contributed by atoms with Gasteiger partial charge in [-0.3, -0.25) is 0 Å². The van der Waals surface area contributed by atoms with E-state index in [0.29, 0.717) is 0 Å². The molecule has 2 rings (SSSR count). The van der Waals surface area contributed by atoms with Crippen LogP contribution in [0.3, 0.4) is 0 Å². The quantitative estimate of drug-likeness (QED) is 0.561. The average molecular weight is 219 g/mol. The molecular formula is C12H24V. The first-order valence-corrected chi connectivity index (χ1v) is 5.89. The molecule has 1 heteroatoms. The maximum atomic E-state index is 2.36. The molecule has 0 aromatic carbocycles. The Kier molecular flexibility index (Phi) is 9.56. The normalized spacial score (nSPS) is 22.8. The van der Waals surface area contributed by atoms with Crippen molar-refractivity contribution in [2.75, 3.05) is 0 Å². The van der Waals surface area contributed by atoms with Crippen molar-refractivity contribution in [2.24, 2.45) is 5.92 Å². The van der Waals surface area contributed by atoms with E-state index in [4.69, 9.17) is 0 Å². The van der Waals surface area contributed by atoms with Crippen LogP contribution in [0.25, 0.3) is 0 Å². The van der Waals surface area contributed by atoms with Gasteiger partial charge < -0.3 is 0 Å². The Morgan fingerprint density at radius 1 is 0.615 bits per heavy atom. The van der Waals surface area contributed by atoms with Crippen LogP contribution >= 0.6 is 0 Å². The molecule has 0 aromatic heterocycles. The van der Waals surface area contributed by atoms with Gasteiger partial charge in [0, 0.05) is 18.6 Å². The van der Waals surface area contributed by atoms with Crippen LogP contribution in [0.15, 0.2) is 0 Å². The van der Waals surface area contributed by atoms with Crippen LogP contribution < -0.4 is 0 Å². The maximum Gasteiger partial charge on any atom is 0 e. The van der Waals surface area contributed by atoms with Crippen molar-refractivity contribution in [3.63, 3.8) is 0 Å². The minimum Gasteiger partial charge on any atom is -0.0625 e. The van der Waals surface area contributed by atoms with Gasteiger partial charge in [-0.05, 0) is 5.92 Å². The third-order valence-electron chi connectivity index (χ3n) is 3.14. The predicted octanol–water partition coefficient (Wildman–Crippen LogP) is 4.53. The zero-order valence-corrected chi connectivity index (χ0v) is 10.5. The number of hydrogen-bond donors (Lipinski definition) is 0. The van der Waals surface area contributed by atoms with Crippen LogP contribution in [0.2, 0.25) is 0 Å². The minimum absolute atomic E-state index is 0. The Bertz CT molecular complexity index is 83.7. The van der Waals surface area contributed by atoms with Crippen molar-refractivity contribution in [3.05, 3.63) is 0 Å². The molecule has 2 aliphatic rings. The minimum atomic E-state index is 0. The number of rotatable bonds is 0. The summed E-state index contributed by atoms with van der Waals surface area (Å²) in [5, 5.41) is 0. The van der Waals surface area contributed by atoms with Gasteiger partial charge in [0.1, 0.15) is 0 Å². The summed E-state index contributed by atoms with van der Waals surface area (Å²) in [5.74, 6) is 1.04. The van der Waals surface area contributed by atoms with Crippen LogP contribution in [0.5, 0.6) is 0 Å². The standard InChI is InChI=1S/C7H14.C5H10.V/c1-7-5-3-2-4-6-7;1-2-4-5-3-1;/h7H,2-6H2,1H3;1-5H2;. The molecule has 2 aliphatic carbocycles. The second-order valence-corrected chi connectivity index (χ2v) is 4.51. The molecule has 0 bridgehead atoms. The first-order valence-electron chi connectivity index (χ1n) is 5.89. The van der Waals surface area contributed by atoms with Gasteiger partial charge in [-0.15, -0.1) is 0 Å². The third-order valence-corrected chi connectivity index (χ3v) is 3.14. The zero-order valence-electron chi connectivity index (χ0n) is 9.10. The van der Waals surface area contributed by atoms with Crippen molar-refractivity contribution in [2.45, 2.75) is 71.1 Å². The van der Waals surface area contributed by atoms with Gasteiger partial charge in [0.15, 0.2) is 0 Å². The molecular weight excluding hydrogens is 195 g/mol. The molecule has 0 spiro atoms. The molecule has 0 N–H and O–H groups in total. The van der Waals surface area contributed by atoms with Crippen molar-refractivity contribution in [1.29, 1.82) is 0 Å². The molecule has 0 saturated heterocycles. The van der Waals surface area contributed by atoms with Crippen molar-refractivity contribution < 1.29 is 18.6 Å². The van der Waals surface area contributed by atoms with Gasteiger partial charge in [0.2, 0.25) is 0 Å². The summed E-state index contributed by atoms with van der Waals surface area (Å²) in [5.41, 5.74) is 0. The van der Waals surface area contributed by atoms with Gasteiger partial charge >= 0.3 is 0 Å². The topological polar surface area (TPSA) is 0 Å². The van der Waals surface area contributed by atoms with Gasteiger partial charge in [-0.2, -0.15) is 0 Å². The monoisotopic (exact) mass is 219 g/mol. The first kappa shape index (κ1) is 13.6. The molecule has 0 aromatic rings. The molecule has 2 fully saturated rings. The fraction of sp³-hybridized carbons (Fsp3) is 1.00. The summed E-state index contributed by atoms with van der Waals surface area (Å²) in [6, 6.07) is 0. The fourth-order valence-corrected chi connectivity index (χ4v) is 2.19. The Morgan fingerprint density at radius 3 is 1.15 bits per heavy atom. The summed E-state index contributed by atoms with van der Waals surface area (Å²) < 4.78 is 0. The van der Waals surface area contributed by atoms with Crippen LogP contribution in [0, 0.1) is 5.92 Å². The first-order chi connectivity index (χ1) is 5.89. The Balaban J connectivity index is 0.000000215. The van der Waals surface area contributed by atoms with Crippen LogP contribution in [0.1, 0.15) is 71.1 Å². The van der Waals surface area contributed by atoms with Crippen LogP contribution in [0.4, 0.5) is 0 Å². The van der Waals surface area contributed by atoms with Crippen molar-refractivity contribution in [3.8, 4) is 0 Å². The molecule has 13 heavy (non-hydrogen) atoms. The molecule has 0 nitrogen and oxygen atoms in total. The second kappa shape index (κ2) is 9.15. The van der Waals surface area contributed by atoms with Gasteiger partial charge in [0.25, 0.3) is 0 Å². The largest absolute Gasteiger partial charge is 0.0625 e. The van der Waals surface area contributed by atoms with Gasteiger partial charge in [-0.25, -0.2) is 0 Å². The molecule has 77 valence electrons. The Morgan fingerprint density at radius 2 is 0.923 bits per heavy atom. The number of hydrogen-bond acceptors (Lipinski definition) is 0. The molecule has 0 amide bonds. The Hall–Kier alpha value is 0.584. The third kappa shape index (κ3) is 7.64. The van der Waals surface area contributed by atoms with Crippen molar-refractivity contribution in [1.82, 2.24) is 0 Å². The molecule has 0 unspecified atom stereocenters. The predicted molar refractivity (Wildman–Crippen MR) is 55.3 cm³/mol. The second-order valence-electron chi connectivity index (χ2n) is 4.51.